The maximum atomic E-state index is 12.3. The summed E-state index contributed by atoms with van der Waals surface area (Å²) < 4.78 is 0. The molecule has 0 spiro atoms. The number of hydrogen-bond donors (Lipinski definition) is 1. The number of carbonyl (C=O) groups is 1. The molecule has 0 bridgehead atoms. The van der Waals surface area contributed by atoms with Crippen LogP contribution in [0.5, 0.6) is 0 Å². The summed E-state index contributed by atoms with van der Waals surface area (Å²) in [6.07, 6.45) is 0.666. The van der Waals surface area contributed by atoms with E-state index in [4.69, 9.17) is 11.6 Å². The van der Waals surface area contributed by atoms with E-state index in [0.717, 1.165) is 0 Å². The molecule has 1 aromatic carbocycles. The normalized spacial score (nSPS) is 12.2. The van der Waals surface area contributed by atoms with Crippen molar-refractivity contribution in [3.05, 3.63) is 39.4 Å². The average molecular weight is 299 g/mol. The Kier molecular flexibility index (Phi) is 5.95. The summed E-state index contributed by atoms with van der Waals surface area (Å²) in [5.41, 5.74) is 0.958. The van der Waals surface area contributed by atoms with Gasteiger partial charge in [-0.1, -0.05) is 19.9 Å². The highest BCUT2D eigenvalue weighted by Gasteiger charge is 2.19. The zero-order valence-electron chi connectivity index (χ0n) is 11.9. The van der Waals surface area contributed by atoms with Crippen molar-refractivity contribution in [2.75, 3.05) is 5.88 Å². The van der Waals surface area contributed by atoms with Crippen LogP contribution in [-0.4, -0.2) is 22.8 Å². The van der Waals surface area contributed by atoms with Crippen molar-refractivity contribution in [2.24, 2.45) is 5.92 Å². The maximum Gasteiger partial charge on any atom is 0.270 e. The Hall–Kier alpha value is -1.62. The van der Waals surface area contributed by atoms with Crippen molar-refractivity contribution < 1.29 is 9.72 Å². The number of halogens is 1. The molecule has 0 aliphatic rings. The van der Waals surface area contributed by atoms with Crippen LogP contribution in [0, 0.1) is 23.0 Å². The number of benzene rings is 1. The van der Waals surface area contributed by atoms with E-state index in [1.54, 1.807) is 13.0 Å². The number of nitrogens with zero attached hydrogens (tertiary/aromatic N) is 1. The monoisotopic (exact) mass is 298 g/mol. The Bertz CT molecular complexity index is 503. The van der Waals surface area contributed by atoms with E-state index >= 15 is 0 Å². The summed E-state index contributed by atoms with van der Waals surface area (Å²) in [5.74, 6) is 0.406. The topological polar surface area (TPSA) is 72.2 Å². The van der Waals surface area contributed by atoms with E-state index in [1.807, 2.05) is 13.8 Å². The second kappa shape index (κ2) is 7.24. The van der Waals surface area contributed by atoms with Gasteiger partial charge in [0.25, 0.3) is 11.6 Å². The SMILES string of the molecule is Cc1ccc([N+](=O)[O-])cc1C(=O)NC(CCCl)C(C)C. The van der Waals surface area contributed by atoms with Gasteiger partial charge in [0, 0.05) is 29.6 Å². The number of nitrogens with one attached hydrogen (secondary N) is 1. The van der Waals surface area contributed by atoms with Crippen LogP contribution in [0.4, 0.5) is 5.69 Å². The van der Waals surface area contributed by atoms with E-state index in [2.05, 4.69) is 5.32 Å². The molecule has 0 saturated carbocycles. The summed E-state index contributed by atoms with van der Waals surface area (Å²) in [4.78, 5) is 22.5. The van der Waals surface area contributed by atoms with Gasteiger partial charge >= 0.3 is 0 Å². The molecule has 0 aromatic heterocycles. The molecule has 0 aliphatic carbocycles. The number of nitro groups is 1. The van der Waals surface area contributed by atoms with Crippen LogP contribution in [0.15, 0.2) is 18.2 Å². The van der Waals surface area contributed by atoms with E-state index in [-0.39, 0.29) is 23.6 Å². The third-order valence-corrected chi connectivity index (χ3v) is 3.44. The van der Waals surface area contributed by atoms with Crippen molar-refractivity contribution in [1.82, 2.24) is 5.32 Å². The third-order valence-electron chi connectivity index (χ3n) is 3.22. The van der Waals surface area contributed by atoms with Gasteiger partial charge < -0.3 is 5.32 Å². The standard InChI is InChI=1S/C14H19ClN2O3/c1-9(2)13(6-7-15)16-14(18)12-8-11(17(19)20)5-4-10(12)3/h4-5,8-9,13H,6-7H2,1-3H3,(H,16,18). The fourth-order valence-electron chi connectivity index (χ4n) is 1.90. The Balaban J connectivity index is 2.96. The van der Waals surface area contributed by atoms with Crippen LogP contribution in [-0.2, 0) is 0 Å². The number of aryl methyl sites for hydroxylation is 1. The molecule has 6 heteroatoms. The highest BCUT2D eigenvalue weighted by molar-refractivity contribution is 6.17. The smallest absolute Gasteiger partial charge is 0.270 e. The molecule has 0 aliphatic heterocycles. The quantitative estimate of drug-likeness (QED) is 0.497. The lowest BCUT2D eigenvalue weighted by Crippen LogP contribution is -2.39. The Labute approximate surface area is 123 Å². The lowest BCUT2D eigenvalue weighted by molar-refractivity contribution is -0.384. The van der Waals surface area contributed by atoms with Crippen molar-refractivity contribution in [1.29, 1.82) is 0 Å². The molecule has 0 heterocycles. The molecule has 0 fully saturated rings. The van der Waals surface area contributed by atoms with E-state index in [9.17, 15) is 14.9 Å². The molecule has 110 valence electrons. The van der Waals surface area contributed by atoms with Crippen molar-refractivity contribution >= 4 is 23.2 Å². The molecule has 1 amide bonds. The number of nitro benzene ring substituents is 1. The molecule has 1 unspecified atom stereocenters. The van der Waals surface area contributed by atoms with E-state index in [0.29, 0.717) is 23.4 Å². The van der Waals surface area contributed by atoms with Crippen LogP contribution >= 0.6 is 11.6 Å². The number of rotatable bonds is 6. The number of hydrogen-bond acceptors (Lipinski definition) is 3. The Morgan fingerprint density at radius 3 is 2.60 bits per heavy atom. The first kappa shape index (κ1) is 16.4. The number of carbonyl (C=O) groups excluding carboxylic acids is 1. The molecule has 1 N–H and O–H groups in total. The average Bonchev–Trinajstić information content (AvgIpc) is 2.38. The van der Waals surface area contributed by atoms with Gasteiger partial charge in [-0.25, -0.2) is 0 Å². The van der Waals surface area contributed by atoms with Crippen molar-refractivity contribution in [2.45, 2.75) is 33.2 Å². The van der Waals surface area contributed by atoms with Crippen LogP contribution in [0.25, 0.3) is 0 Å². The fourth-order valence-corrected chi connectivity index (χ4v) is 2.14. The van der Waals surface area contributed by atoms with Gasteiger partial charge in [0.15, 0.2) is 0 Å². The molecular formula is C14H19ClN2O3. The number of amides is 1. The van der Waals surface area contributed by atoms with Crippen molar-refractivity contribution in [3.63, 3.8) is 0 Å². The van der Waals surface area contributed by atoms with Gasteiger partial charge in [-0.2, -0.15) is 0 Å². The Morgan fingerprint density at radius 1 is 1.45 bits per heavy atom. The van der Waals surface area contributed by atoms with Crippen molar-refractivity contribution in [3.8, 4) is 0 Å². The molecule has 20 heavy (non-hydrogen) atoms. The predicted octanol–water partition coefficient (Wildman–Crippen LogP) is 3.29. The lowest BCUT2D eigenvalue weighted by atomic mass is 10.0. The predicted molar refractivity (Wildman–Crippen MR) is 79.3 cm³/mol. The molecule has 0 radical (unpaired) electrons. The highest BCUT2D eigenvalue weighted by Crippen LogP contribution is 2.18. The van der Waals surface area contributed by atoms with E-state index < -0.39 is 4.92 Å². The molecule has 1 atom stereocenters. The minimum atomic E-state index is -0.505. The molecule has 5 nitrogen and oxygen atoms in total. The minimum Gasteiger partial charge on any atom is -0.349 e. The highest BCUT2D eigenvalue weighted by atomic mass is 35.5. The van der Waals surface area contributed by atoms with Gasteiger partial charge in [0.2, 0.25) is 0 Å². The van der Waals surface area contributed by atoms with Crippen LogP contribution in [0.2, 0.25) is 0 Å². The summed E-state index contributed by atoms with van der Waals surface area (Å²) in [6.45, 7) is 5.75. The van der Waals surface area contributed by atoms with Gasteiger partial charge in [-0.15, -0.1) is 11.6 Å². The second-order valence-electron chi connectivity index (χ2n) is 5.06. The number of alkyl halides is 1. The summed E-state index contributed by atoms with van der Waals surface area (Å²) in [5, 5.41) is 13.7. The second-order valence-corrected chi connectivity index (χ2v) is 5.44. The zero-order chi connectivity index (χ0) is 15.3. The van der Waals surface area contributed by atoms with Crippen LogP contribution in [0.3, 0.4) is 0 Å². The first-order chi connectivity index (χ1) is 9.36. The molecule has 0 saturated heterocycles. The van der Waals surface area contributed by atoms with Gasteiger partial charge in [-0.3, -0.25) is 14.9 Å². The third kappa shape index (κ3) is 4.20. The molecular weight excluding hydrogens is 280 g/mol. The molecule has 1 rings (SSSR count). The zero-order valence-corrected chi connectivity index (χ0v) is 12.6. The lowest BCUT2D eigenvalue weighted by Gasteiger charge is -2.21. The van der Waals surface area contributed by atoms with Crippen LogP contribution in [0.1, 0.15) is 36.2 Å². The summed E-state index contributed by atoms with van der Waals surface area (Å²) in [7, 11) is 0. The van der Waals surface area contributed by atoms with Gasteiger partial charge in [0.1, 0.15) is 0 Å². The first-order valence-corrected chi connectivity index (χ1v) is 7.02. The summed E-state index contributed by atoms with van der Waals surface area (Å²) in [6, 6.07) is 4.24. The first-order valence-electron chi connectivity index (χ1n) is 6.48. The molecule has 1 aromatic rings. The fraction of sp³-hybridized carbons (Fsp3) is 0.500. The van der Waals surface area contributed by atoms with E-state index in [1.165, 1.54) is 12.1 Å². The minimum absolute atomic E-state index is 0.0429. The van der Waals surface area contributed by atoms with Crippen LogP contribution < -0.4 is 5.32 Å². The summed E-state index contributed by atoms with van der Waals surface area (Å²) >= 11 is 5.73. The Morgan fingerprint density at radius 2 is 2.10 bits per heavy atom. The van der Waals surface area contributed by atoms with Gasteiger partial charge in [-0.05, 0) is 24.8 Å². The number of non-ortho nitro benzene ring substituents is 1. The largest absolute Gasteiger partial charge is 0.349 e. The maximum absolute atomic E-state index is 12.3. The van der Waals surface area contributed by atoms with Gasteiger partial charge in [0.05, 0.1) is 4.92 Å².